The van der Waals surface area contributed by atoms with Crippen molar-refractivity contribution in [2.45, 2.75) is 77.0 Å². The third kappa shape index (κ3) is 5.64. The molecule has 11 nitrogen and oxygen atoms in total. The first-order chi connectivity index (χ1) is 16.2. The Labute approximate surface area is 200 Å². The molecule has 3 fully saturated rings. The van der Waals surface area contributed by atoms with Crippen LogP contribution in [0.2, 0.25) is 0 Å². The highest BCUT2D eigenvalue weighted by atomic mass is 16.7. The molecule has 1 saturated carbocycles. The van der Waals surface area contributed by atoms with Crippen LogP contribution in [0.3, 0.4) is 0 Å². The number of hydrogen-bond donors (Lipinski definition) is 0. The van der Waals surface area contributed by atoms with Crippen molar-refractivity contribution in [3.63, 3.8) is 0 Å². The van der Waals surface area contributed by atoms with Gasteiger partial charge in [-0.15, -0.1) is 6.58 Å². The second kappa shape index (κ2) is 11.1. The van der Waals surface area contributed by atoms with E-state index in [1.807, 2.05) is 0 Å². The van der Waals surface area contributed by atoms with Gasteiger partial charge in [-0.1, -0.05) is 36.9 Å². The highest BCUT2D eigenvalue weighted by Gasteiger charge is 2.57. The summed E-state index contributed by atoms with van der Waals surface area (Å²) in [4.78, 5) is 51.3. The average molecular weight is 477 g/mol. The minimum atomic E-state index is -0.812. The molecule has 3 unspecified atom stereocenters. The van der Waals surface area contributed by atoms with Crippen molar-refractivity contribution in [3.8, 4) is 0 Å². The van der Waals surface area contributed by atoms with Gasteiger partial charge in [0.1, 0.15) is 11.6 Å². The smallest absolute Gasteiger partial charge is 0.417 e. The summed E-state index contributed by atoms with van der Waals surface area (Å²) in [5.41, 5.74) is 7.87. The first-order valence-corrected chi connectivity index (χ1v) is 12.1. The molecule has 0 aromatic carbocycles. The first-order valence-electron chi connectivity index (χ1n) is 12.1. The standard InChI is InChI=1S/C23H36N6O5/c1-5-14-33-29-18-15-28(21(29)31)19(17-11-9-7-6-8-10-16(17)18)20(30)27(13-12-25-26-24)22(32)34-23(2,3)4/h5,16-19H,1,6-15H2,2-4H3/t16?,17?,18-,19?/m0/s1. The van der Waals surface area contributed by atoms with Crippen molar-refractivity contribution in [2.75, 3.05) is 26.2 Å². The topological polar surface area (TPSA) is 128 Å². The van der Waals surface area contributed by atoms with E-state index in [-0.39, 0.29) is 43.6 Å². The molecule has 11 heteroatoms. The predicted molar refractivity (Wildman–Crippen MR) is 124 cm³/mol. The highest BCUT2D eigenvalue weighted by molar-refractivity contribution is 5.97. The molecule has 0 aromatic rings. The summed E-state index contributed by atoms with van der Waals surface area (Å²) in [6, 6.07) is -1.31. The number of hydrogen-bond acceptors (Lipinski definition) is 6. The number of urea groups is 1. The fourth-order valence-corrected chi connectivity index (χ4v) is 5.36. The van der Waals surface area contributed by atoms with Crippen LogP contribution < -0.4 is 0 Å². The van der Waals surface area contributed by atoms with Crippen molar-refractivity contribution in [2.24, 2.45) is 17.0 Å². The molecule has 0 aromatic heterocycles. The normalized spacial score (nSPS) is 26.6. The zero-order chi connectivity index (χ0) is 24.9. The van der Waals surface area contributed by atoms with E-state index >= 15 is 0 Å². The van der Waals surface area contributed by atoms with Crippen LogP contribution in [0.1, 0.15) is 59.3 Å². The van der Waals surface area contributed by atoms with Gasteiger partial charge in [0.2, 0.25) is 0 Å². The molecule has 2 bridgehead atoms. The van der Waals surface area contributed by atoms with Crippen LogP contribution in [0.15, 0.2) is 17.8 Å². The van der Waals surface area contributed by atoms with Gasteiger partial charge in [0, 0.05) is 24.5 Å². The second-order valence-electron chi connectivity index (χ2n) is 10.1. The van der Waals surface area contributed by atoms with E-state index < -0.39 is 23.6 Å². The number of fused-ring (bicyclic) bond motifs is 4. The summed E-state index contributed by atoms with van der Waals surface area (Å²) in [6.45, 7) is 9.19. The molecule has 188 valence electrons. The van der Waals surface area contributed by atoms with Crippen LogP contribution in [0, 0.1) is 11.8 Å². The van der Waals surface area contributed by atoms with Crippen LogP contribution in [-0.4, -0.2) is 76.8 Å². The molecule has 4 amide bonds. The van der Waals surface area contributed by atoms with Crippen molar-refractivity contribution in [3.05, 3.63) is 23.1 Å². The van der Waals surface area contributed by atoms with Crippen LogP contribution in [-0.2, 0) is 14.4 Å². The lowest BCUT2D eigenvalue weighted by atomic mass is 9.71. The molecular formula is C23H36N6O5. The van der Waals surface area contributed by atoms with Crippen molar-refractivity contribution < 1.29 is 24.0 Å². The van der Waals surface area contributed by atoms with Crippen LogP contribution in [0.5, 0.6) is 0 Å². The number of azide groups is 1. The molecule has 3 rings (SSSR count). The molecule has 0 N–H and O–H groups in total. The quantitative estimate of drug-likeness (QED) is 0.235. The Bertz CT molecular complexity index is 836. The molecule has 0 radical (unpaired) electrons. The lowest BCUT2D eigenvalue weighted by molar-refractivity contribution is -0.144. The molecule has 2 heterocycles. The number of carbonyl (C=O) groups is 3. The molecule has 2 saturated heterocycles. The second-order valence-corrected chi connectivity index (χ2v) is 10.1. The number of imide groups is 1. The van der Waals surface area contributed by atoms with E-state index in [0.717, 1.165) is 43.4 Å². The largest absolute Gasteiger partial charge is 0.443 e. The van der Waals surface area contributed by atoms with Crippen LogP contribution in [0.4, 0.5) is 9.59 Å². The number of rotatable bonds is 7. The zero-order valence-electron chi connectivity index (χ0n) is 20.4. The Balaban J connectivity index is 1.96. The number of piperidine rings is 1. The maximum absolute atomic E-state index is 13.9. The molecule has 1 aliphatic carbocycles. The molecule has 4 atom stereocenters. The van der Waals surface area contributed by atoms with Gasteiger partial charge < -0.3 is 9.64 Å². The fraction of sp³-hybridized carbons (Fsp3) is 0.783. The van der Waals surface area contributed by atoms with E-state index in [1.54, 1.807) is 31.7 Å². The Hall–Kier alpha value is -2.78. The zero-order valence-corrected chi connectivity index (χ0v) is 20.4. The first kappa shape index (κ1) is 25.8. The van der Waals surface area contributed by atoms with Gasteiger partial charge in [-0.05, 0) is 51.0 Å². The van der Waals surface area contributed by atoms with Gasteiger partial charge in [-0.3, -0.25) is 9.63 Å². The van der Waals surface area contributed by atoms with Gasteiger partial charge in [0.15, 0.2) is 0 Å². The minimum absolute atomic E-state index is 0.0760. The van der Waals surface area contributed by atoms with Gasteiger partial charge >= 0.3 is 12.1 Å². The Morgan fingerprint density at radius 2 is 1.91 bits per heavy atom. The Morgan fingerprint density at radius 3 is 2.53 bits per heavy atom. The van der Waals surface area contributed by atoms with E-state index in [4.69, 9.17) is 15.1 Å². The van der Waals surface area contributed by atoms with E-state index in [0.29, 0.717) is 6.54 Å². The SMILES string of the molecule is C=CCON1C(=O)N2C[C@H]1C1CCCCCCC1C2C(=O)N(CCN=[N+]=[N-])C(=O)OC(C)(C)C. The Morgan fingerprint density at radius 1 is 1.24 bits per heavy atom. The Kier molecular flexibility index (Phi) is 8.43. The molecule has 2 aliphatic heterocycles. The minimum Gasteiger partial charge on any atom is -0.443 e. The third-order valence-corrected chi connectivity index (χ3v) is 6.68. The summed E-state index contributed by atoms with van der Waals surface area (Å²) in [5, 5.41) is 4.90. The molecular weight excluding hydrogens is 440 g/mol. The lowest BCUT2D eigenvalue weighted by Gasteiger charge is -2.44. The number of amides is 4. The molecule has 0 spiro atoms. The lowest BCUT2D eigenvalue weighted by Crippen LogP contribution is -2.60. The predicted octanol–water partition coefficient (Wildman–Crippen LogP) is 4.25. The molecule has 34 heavy (non-hydrogen) atoms. The van der Waals surface area contributed by atoms with Gasteiger partial charge in [-0.2, -0.15) is 5.06 Å². The summed E-state index contributed by atoms with van der Waals surface area (Å²) >= 11 is 0. The van der Waals surface area contributed by atoms with Gasteiger partial charge in [0.05, 0.1) is 12.6 Å². The van der Waals surface area contributed by atoms with Gasteiger partial charge in [-0.25, -0.2) is 14.5 Å². The monoisotopic (exact) mass is 476 g/mol. The van der Waals surface area contributed by atoms with Crippen molar-refractivity contribution in [1.82, 2.24) is 14.9 Å². The highest BCUT2D eigenvalue weighted by Crippen LogP contribution is 2.44. The van der Waals surface area contributed by atoms with Crippen LogP contribution in [0.25, 0.3) is 10.4 Å². The third-order valence-electron chi connectivity index (χ3n) is 6.68. The average Bonchev–Trinajstić information content (AvgIpc) is 3.02. The molecule has 3 aliphatic rings. The number of ether oxygens (including phenoxy) is 1. The number of carbonyl (C=O) groups excluding carboxylic acids is 3. The summed E-state index contributed by atoms with van der Waals surface area (Å²) in [6.07, 6.45) is 6.63. The van der Waals surface area contributed by atoms with E-state index in [2.05, 4.69) is 16.6 Å². The maximum Gasteiger partial charge on any atom is 0.417 e. The van der Waals surface area contributed by atoms with Gasteiger partial charge in [0.25, 0.3) is 5.91 Å². The summed E-state index contributed by atoms with van der Waals surface area (Å²) < 4.78 is 5.49. The van der Waals surface area contributed by atoms with Crippen LogP contribution >= 0.6 is 0 Å². The summed E-state index contributed by atoms with van der Waals surface area (Å²) in [5.74, 6) is -0.507. The van der Waals surface area contributed by atoms with E-state index in [1.165, 1.54) is 5.06 Å². The van der Waals surface area contributed by atoms with Crippen molar-refractivity contribution >= 4 is 18.0 Å². The number of nitrogens with zero attached hydrogens (tertiary/aromatic N) is 6. The fourth-order valence-electron chi connectivity index (χ4n) is 5.36. The van der Waals surface area contributed by atoms with Crippen molar-refractivity contribution in [1.29, 1.82) is 0 Å². The van der Waals surface area contributed by atoms with E-state index in [9.17, 15) is 14.4 Å². The maximum atomic E-state index is 13.9. The summed E-state index contributed by atoms with van der Waals surface area (Å²) in [7, 11) is 0. The number of hydroxylamine groups is 2.